The van der Waals surface area contributed by atoms with Crippen molar-refractivity contribution < 1.29 is 18.1 Å². The first-order valence-corrected chi connectivity index (χ1v) is 4.11. The summed E-state index contributed by atoms with van der Waals surface area (Å²) < 4.78 is 29.6. The molecule has 0 radical (unpaired) electrons. The lowest BCUT2D eigenvalue weighted by Crippen LogP contribution is -2.10. The molecule has 1 N–H and O–H groups in total. The van der Waals surface area contributed by atoms with Crippen molar-refractivity contribution in [3.8, 4) is 0 Å². The van der Waals surface area contributed by atoms with E-state index in [2.05, 4.69) is 0 Å². The predicted molar refractivity (Wildman–Crippen MR) is 30.9 cm³/mol. The molecule has 0 aromatic heterocycles. The molecule has 0 saturated heterocycles. The van der Waals surface area contributed by atoms with Crippen LogP contribution in [0.2, 0.25) is 0 Å². The average Bonchev–Trinajstić information content (AvgIpc) is 1.59. The van der Waals surface area contributed by atoms with Gasteiger partial charge in [-0.3, -0.25) is 0 Å². The number of hydrogen-bond donors (Lipinski definition) is 1. The second-order valence-electron chi connectivity index (χ2n) is 1.90. The fourth-order valence-electron chi connectivity index (χ4n) is 0.315. The molecule has 0 bridgehead atoms. The Bertz CT molecular complexity index is 157. The number of aliphatic hydroxyl groups excluding tert-OH is 1. The standard InChI is InChI=1S/C4H10O4S/c1-4(5)2-3-9(6,7)8/h4-5H,2-3H2,1H3,(H,6,7,8)/p-1. The second-order valence-corrected chi connectivity index (χ2v) is 3.42. The highest BCUT2D eigenvalue weighted by atomic mass is 32.2. The molecular weight excluding hydrogens is 144 g/mol. The molecule has 0 aromatic rings. The highest BCUT2D eigenvalue weighted by Gasteiger charge is 1.98. The number of rotatable bonds is 3. The molecule has 0 heterocycles. The number of hydrogen-bond acceptors (Lipinski definition) is 4. The first-order chi connectivity index (χ1) is 3.92. The van der Waals surface area contributed by atoms with Crippen LogP contribution in [0.5, 0.6) is 0 Å². The van der Waals surface area contributed by atoms with Gasteiger partial charge in [0.25, 0.3) is 0 Å². The van der Waals surface area contributed by atoms with Gasteiger partial charge < -0.3 is 9.66 Å². The van der Waals surface area contributed by atoms with E-state index >= 15 is 0 Å². The molecule has 4 nitrogen and oxygen atoms in total. The molecule has 1 unspecified atom stereocenters. The van der Waals surface area contributed by atoms with Crippen LogP contribution >= 0.6 is 0 Å². The van der Waals surface area contributed by atoms with E-state index in [0.717, 1.165) is 0 Å². The lowest BCUT2D eigenvalue weighted by Gasteiger charge is -2.06. The van der Waals surface area contributed by atoms with Crippen LogP contribution in [0.4, 0.5) is 0 Å². The van der Waals surface area contributed by atoms with Crippen molar-refractivity contribution in [3.63, 3.8) is 0 Å². The van der Waals surface area contributed by atoms with Gasteiger partial charge in [0.1, 0.15) is 0 Å². The zero-order chi connectivity index (χ0) is 7.49. The predicted octanol–water partition coefficient (Wildman–Crippen LogP) is -0.697. The molecule has 1 atom stereocenters. The topological polar surface area (TPSA) is 77.4 Å². The molecule has 0 fully saturated rings. The van der Waals surface area contributed by atoms with Crippen LogP contribution < -0.4 is 0 Å². The SMILES string of the molecule is CC(O)CCS(=O)(=O)[O-]. The van der Waals surface area contributed by atoms with Crippen molar-refractivity contribution in [3.05, 3.63) is 0 Å². The summed E-state index contributed by atoms with van der Waals surface area (Å²) in [5.74, 6) is -0.481. The maximum atomic E-state index is 9.87. The van der Waals surface area contributed by atoms with Crippen LogP contribution in [-0.4, -0.2) is 29.9 Å². The summed E-state index contributed by atoms with van der Waals surface area (Å²) in [7, 11) is -4.13. The van der Waals surface area contributed by atoms with Gasteiger partial charge in [-0.25, -0.2) is 8.42 Å². The van der Waals surface area contributed by atoms with Gasteiger partial charge in [0.05, 0.1) is 16.2 Å². The Morgan fingerprint density at radius 1 is 1.67 bits per heavy atom. The van der Waals surface area contributed by atoms with E-state index in [9.17, 15) is 13.0 Å². The maximum absolute atomic E-state index is 9.87. The lowest BCUT2D eigenvalue weighted by molar-refractivity contribution is 0.190. The molecule has 0 aliphatic rings. The first-order valence-electron chi connectivity index (χ1n) is 2.53. The number of aliphatic hydroxyl groups is 1. The van der Waals surface area contributed by atoms with Gasteiger partial charge in [0.15, 0.2) is 0 Å². The molecule has 0 amide bonds. The third kappa shape index (κ3) is 7.87. The van der Waals surface area contributed by atoms with Crippen LogP contribution in [0.15, 0.2) is 0 Å². The van der Waals surface area contributed by atoms with E-state index in [-0.39, 0.29) is 6.42 Å². The quantitative estimate of drug-likeness (QED) is 0.544. The van der Waals surface area contributed by atoms with Crippen LogP contribution in [0.25, 0.3) is 0 Å². The molecule has 56 valence electrons. The maximum Gasteiger partial charge on any atom is 0.0946 e. The minimum Gasteiger partial charge on any atom is -0.748 e. The highest BCUT2D eigenvalue weighted by molar-refractivity contribution is 7.85. The molecule has 0 aromatic carbocycles. The van der Waals surface area contributed by atoms with Gasteiger partial charge in [-0.05, 0) is 13.3 Å². The Kier molecular flexibility index (Phi) is 3.10. The van der Waals surface area contributed by atoms with E-state index < -0.39 is 22.0 Å². The van der Waals surface area contributed by atoms with E-state index in [1.54, 1.807) is 0 Å². The summed E-state index contributed by atoms with van der Waals surface area (Å²) in [4.78, 5) is 0. The summed E-state index contributed by atoms with van der Waals surface area (Å²) in [6.45, 7) is 1.44. The van der Waals surface area contributed by atoms with E-state index in [1.807, 2.05) is 0 Å². The average molecular weight is 153 g/mol. The minimum absolute atomic E-state index is 0.0197. The van der Waals surface area contributed by atoms with Gasteiger partial charge in [0.2, 0.25) is 0 Å². The monoisotopic (exact) mass is 153 g/mol. The van der Waals surface area contributed by atoms with Crippen molar-refractivity contribution in [1.82, 2.24) is 0 Å². The van der Waals surface area contributed by atoms with Gasteiger partial charge in [-0.1, -0.05) is 0 Å². The summed E-state index contributed by atoms with van der Waals surface area (Å²) in [5, 5.41) is 8.51. The third-order valence-corrected chi connectivity index (χ3v) is 1.52. The van der Waals surface area contributed by atoms with Crippen molar-refractivity contribution in [1.29, 1.82) is 0 Å². The fraction of sp³-hybridized carbons (Fsp3) is 1.00. The molecule has 0 spiro atoms. The molecule has 0 aliphatic heterocycles. The zero-order valence-electron chi connectivity index (χ0n) is 5.07. The molecule has 5 heteroatoms. The first kappa shape index (κ1) is 8.87. The largest absolute Gasteiger partial charge is 0.748 e. The van der Waals surface area contributed by atoms with Crippen LogP contribution in [0, 0.1) is 0 Å². The Balaban J connectivity index is 3.53. The smallest absolute Gasteiger partial charge is 0.0946 e. The highest BCUT2D eigenvalue weighted by Crippen LogP contribution is 1.92. The minimum atomic E-state index is -4.13. The molecule has 0 aliphatic carbocycles. The third-order valence-electron chi connectivity index (χ3n) is 0.786. The normalized spacial score (nSPS) is 15.4. The summed E-state index contributed by atoms with van der Waals surface area (Å²) in [5.41, 5.74) is 0. The molecule has 0 saturated carbocycles. The summed E-state index contributed by atoms with van der Waals surface area (Å²) in [6.07, 6.45) is -0.694. The van der Waals surface area contributed by atoms with Crippen LogP contribution in [0.3, 0.4) is 0 Å². The Labute approximate surface area is 54.3 Å². The van der Waals surface area contributed by atoms with Crippen molar-refractivity contribution in [2.75, 3.05) is 5.75 Å². The van der Waals surface area contributed by atoms with Gasteiger partial charge in [-0.15, -0.1) is 0 Å². The summed E-state index contributed by atoms with van der Waals surface area (Å²) >= 11 is 0. The molecule has 9 heavy (non-hydrogen) atoms. The zero-order valence-corrected chi connectivity index (χ0v) is 5.89. The second kappa shape index (κ2) is 3.14. The molecular formula is C4H9O4S-. The fourth-order valence-corrected chi connectivity index (χ4v) is 0.945. The lowest BCUT2D eigenvalue weighted by atomic mass is 10.3. The van der Waals surface area contributed by atoms with Crippen LogP contribution in [0.1, 0.15) is 13.3 Å². The van der Waals surface area contributed by atoms with Gasteiger partial charge in [0, 0.05) is 5.75 Å². The van der Waals surface area contributed by atoms with Crippen molar-refractivity contribution in [2.45, 2.75) is 19.4 Å². The van der Waals surface area contributed by atoms with Gasteiger partial charge >= 0.3 is 0 Å². The Morgan fingerprint density at radius 2 is 2.11 bits per heavy atom. The Hall–Kier alpha value is -0.130. The summed E-state index contributed by atoms with van der Waals surface area (Å²) in [6, 6.07) is 0. The van der Waals surface area contributed by atoms with E-state index in [1.165, 1.54) is 6.92 Å². The van der Waals surface area contributed by atoms with Crippen molar-refractivity contribution in [2.24, 2.45) is 0 Å². The van der Waals surface area contributed by atoms with E-state index in [0.29, 0.717) is 0 Å². The molecule has 0 rings (SSSR count). The van der Waals surface area contributed by atoms with E-state index in [4.69, 9.17) is 5.11 Å². The van der Waals surface area contributed by atoms with Gasteiger partial charge in [-0.2, -0.15) is 0 Å². The van der Waals surface area contributed by atoms with Crippen molar-refractivity contribution >= 4 is 10.1 Å². The van der Waals surface area contributed by atoms with Crippen LogP contribution in [-0.2, 0) is 10.1 Å². The Morgan fingerprint density at radius 3 is 2.22 bits per heavy atom.